The third kappa shape index (κ3) is 5.71. The van der Waals surface area contributed by atoms with Gasteiger partial charge in [0.25, 0.3) is 0 Å². The largest absolute Gasteiger partial charge is 0.494 e. The molecule has 0 heterocycles. The standard InChI is InChI=1S/C14H24N2O/c1-3-16(10-8-15)9-5-11-17-14-7-4-6-13(2)12-14/h4,6-7,12H,3,5,8-11,15H2,1-2H3. The first kappa shape index (κ1) is 14.0. The van der Waals surface area contributed by atoms with Crippen molar-refractivity contribution in [2.45, 2.75) is 20.3 Å². The Kier molecular flexibility index (Phi) is 6.67. The molecule has 0 fully saturated rings. The summed E-state index contributed by atoms with van der Waals surface area (Å²) in [6, 6.07) is 8.17. The lowest BCUT2D eigenvalue weighted by molar-refractivity contribution is 0.245. The first-order valence-corrected chi connectivity index (χ1v) is 6.38. The van der Waals surface area contributed by atoms with Gasteiger partial charge in [-0.25, -0.2) is 0 Å². The van der Waals surface area contributed by atoms with Gasteiger partial charge in [-0.3, -0.25) is 0 Å². The molecule has 0 aliphatic carbocycles. The minimum atomic E-state index is 0.729. The number of benzene rings is 1. The molecule has 0 unspecified atom stereocenters. The molecular weight excluding hydrogens is 212 g/mol. The number of aryl methyl sites for hydroxylation is 1. The molecule has 3 heteroatoms. The van der Waals surface area contributed by atoms with Crippen molar-refractivity contribution in [2.75, 3.05) is 32.8 Å². The Bertz CT molecular complexity index is 315. The van der Waals surface area contributed by atoms with Crippen LogP contribution in [-0.2, 0) is 0 Å². The molecule has 1 aromatic carbocycles. The Hall–Kier alpha value is -1.06. The van der Waals surface area contributed by atoms with Crippen LogP contribution in [0.25, 0.3) is 0 Å². The fourth-order valence-corrected chi connectivity index (χ4v) is 1.79. The second kappa shape index (κ2) is 8.09. The molecule has 0 atom stereocenters. The van der Waals surface area contributed by atoms with Crippen molar-refractivity contribution >= 4 is 0 Å². The van der Waals surface area contributed by atoms with E-state index in [0.29, 0.717) is 0 Å². The molecular formula is C14H24N2O. The Morgan fingerprint density at radius 1 is 1.29 bits per heavy atom. The lowest BCUT2D eigenvalue weighted by atomic mass is 10.2. The number of hydrogen-bond acceptors (Lipinski definition) is 3. The average Bonchev–Trinajstić information content (AvgIpc) is 2.33. The molecule has 1 rings (SSSR count). The summed E-state index contributed by atoms with van der Waals surface area (Å²) in [5, 5.41) is 0. The van der Waals surface area contributed by atoms with Crippen LogP contribution in [0.5, 0.6) is 5.75 Å². The van der Waals surface area contributed by atoms with E-state index in [9.17, 15) is 0 Å². The monoisotopic (exact) mass is 236 g/mol. The van der Waals surface area contributed by atoms with Gasteiger partial charge in [0.15, 0.2) is 0 Å². The van der Waals surface area contributed by atoms with E-state index in [1.165, 1.54) is 5.56 Å². The Balaban J connectivity index is 2.19. The highest BCUT2D eigenvalue weighted by Gasteiger charge is 2.00. The van der Waals surface area contributed by atoms with Gasteiger partial charge in [-0.15, -0.1) is 0 Å². The van der Waals surface area contributed by atoms with Crippen LogP contribution in [0.2, 0.25) is 0 Å². The minimum absolute atomic E-state index is 0.729. The van der Waals surface area contributed by atoms with Gasteiger partial charge in [-0.1, -0.05) is 19.1 Å². The predicted molar refractivity (Wildman–Crippen MR) is 72.5 cm³/mol. The number of ether oxygens (including phenoxy) is 1. The number of rotatable bonds is 8. The second-order valence-electron chi connectivity index (χ2n) is 4.24. The Morgan fingerprint density at radius 2 is 2.12 bits per heavy atom. The fourth-order valence-electron chi connectivity index (χ4n) is 1.79. The van der Waals surface area contributed by atoms with E-state index in [2.05, 4.69) is 30.9 Å². The third-order valence-corrected chi connectivity index (χ3v) is 2.77. The molecule has 0 radical (unpaired) electrons. The zero-order chi connectivity index (χ0) is 12.5. The zero-order valence-electron chi connectivity index (χ0n) is 11.0. The molecule has 0 aliphatic rings. The molecule has 2 N–H and O–H groups in total. The molecule has 0 aromatic heterocycles. The average molecular weight is 236 g/mol. The predicted octanol–water partition coefficient (Wildman–Crippen LogP) is 2.04. The van der Waals surface area contributed by atoms with Crippen molar-refractivity contribution in [3.8, 4) is 5.75 Å². The summed E-state index contributed by atoms with van der Waals surface area (Å²) in [7, 11) is 0. The van der Waals surface area contributed by atoms with Gasteiger partial charge in [0, 0.05) is 19.6 Å². The number of likely N-dealkylation sites (N-methyl/N-ethyl adjacent to an activating group) is 1. The molecule has 0 aliphatic heterocycles. The lowest BCUT2D eigenvalue weighted by Crippen LogP contribution is -2.30. The van der Waals surface area contributed by atoms with Gasteiger partial charge in [0.2, 0.25) is 0 Å². The van der Waals surface area contributed by atoms with Crippen LogP contribution in [0.4, 0.5) is 0 Å². The van der Waals surface area contributed by atoms with Crippen molar-refractivity contribution in [1.82, 2.24) is 4.90 Å². The third-order valence-electron chi connectivity index (χ3n) is 2.77. The molecule has 96 valence electrons. The van der Waals surface area contributed by atoms with Gasteiger partial charge in [-0.2, -0.15) is 0 Å². The zero-order valence-corrected chi connectivity index (χ0v) is 11.0. The molecule has 1 aromatic rings. The van der Waals surface area contributed by atoms with Crippen LogP contribution in [0.3, 0.4) is 0 Å². The normalized spacial score (nSPS) is 10.8. The molecule has 0 spiro atoms. The first-order chi connectivity index (χ1) is 8.26. The molecule has 0 saturated heterocycles. The highest BCUT2D eigenvalue weighted by molar-refractivity contribution is 5.27. The summed E-state index contributed by atoms with van der Waals surface area (Å²) in [4.78, 5) is 2.35. The maximum atomic E-state index is 5.70. The highest BCUT2D eigenvalue weighted by atomic mass is 16.5. The van der Waals surface area contributed by atoms with E-state index in [4.69, 9.17) is 10.5 Å². The van der Waals surface area contributed by atoms with Crippen molar-refractivity contribution < 1.29 is 4.74 Å². The Labute approximate surface area is 105 Å². The van der Waals surface area contributed by atoms with Crippen LogP contribution in [0, 0.1) is 6.92 Å². The molecule has 0 bridgehead atoms. The van der Waals surface area contributed by atoms with E-state index in [1.807, 2.05) is 12.1 Å². The van der Waals surface area contributed by atoms with Crippen LogP contribution in [0.15, 0.2) is 24.3 Å². The van der Waals surface area contributed by atoms with Gasteiger partial charge < -0.3 is 15.4 Å². The summed E-state index contributed by atoms with van der Waals surface area (Å²) in [6.07, 6.45) is 1.04. The van der Waals surface area contributed by atoms with Crippen LogP contribution in [-0.4, -0.2) is 37.7 Å². The second-order valence-corrected chi connectivity index (χ2v) is 4.24. The summed E-state index contributed by atoms with van der Waals surface area (Å²) in [5.41, 5.74) is 6.78. The van der Waals surface area contributed by atoms with Crippen molar-refractivity contribution in [2.24, 2.45) is 5.73 Å². The number of nitrogens with two attached hydrogens (primary N) is 1. The first-order valence-electron chi connectivity index (χ1n) is 6.38. The van der Waals surface area contributed by atoms with Gasteiger partial charge in [0.1, 0.15) is 5.75 Å². The van der Waals surface area contributed by atoms with Gasteiger partial charge >= 0.3 is 0 Å². The van der Waals surface area contributed by atoms with E-state index >= 15 is 0 Å². The van der Waals surface area contributed by atoms with E-state index < -0.39 is 0 Å². The SMILES string of the molecule is CCN(CCN)CCCOc1cccc(C)c1. The topological polar surface area (TPSA) is 38.5 Å². The van der Waals surface area contributed by atoms with Crippen LogP contribution >= 0.6 is 0 Å². The molecule has 17 heavy (non-hydrogen) atoms. The van der Waals surface area contributed by atoms with E-state index in [-0.39, 0.29) is 0 Å². The fraction of sp³-hybridized carbons (Fsp3) is 0.571. The van der Waals surface area contributed by atoms with Crippen molar-refractivity contribution in [1.29, 1.82) is 0 Å². The molecule has 3 nitrogen and oxygen atoms in total. The van der Waals surface area contributed by atoms with Crippen molar-refractivity contribution in [3.63, 3.8) is 0 Å². The summed E-state index contributed by atoms with van der Waals surface area (Å²) in [6.45, 7) is 8.82. The number of hydrogen-bond donors (Lipinski definition) is 1. The van der Waals surface area contributed by atoms with Gasteiger partial charge in [0.05, 0.1) is 6.61 Å². The quantitative estimate of drug-likeness (QED) is 0.702. The molecule has 0 amide bonds. The van der Waals surface area contributed by atoms with Crippen molar-refractivity contribution in [3.05, 3.63) is 29.8 Å². The lowest BCUT2D eigenvalue weighted by Gasteiger charge is -2.19. The summed E-state index contributed by atoms with van der Waals surface area (Å²) >= 11 is 0. The summed E-state index contributed by atoms with van der Waals surface area (Å²) < 4.78 is 5.70. The molecule has 0 saturated carbocycles. The maximum absolute atomic E-state index is 5.70. The van der Waals surface area contributed by atoms with Gasteiger partial charge in [-0.05, 0) is 37.6 Å². The van der Waals surface area contributed by atoms with Crippen LogP contribution in [0.1, 0.15) is 18.9 Å². The van der Waals surface area contributed by atoms with E-state index in [0.717, 1.165) is 45.0 Å². The van der Waals surface area contributed by atoms with E-state index in [1.54, 1.807) is 0 Å². The smallest absolute Gasteiger partial charge is 0.119 e. The van der Waals surface area contributed by atoms with Crippen LogP contribution < -0.4 is 10.5 Å². The minimum Gasteiger partial charge on any atom is -0.494 e. The maximum Gasteiger partial charge on any atom is 0.119 e. The number of nitrogens with zero attached hydrogens (tertiary/aromatic N) is 1. The Morgan fingerprint density at radius 3 is 2.76 bits per heavy atom. The highest BCUT2D eigenvalue weighted by Crippen LogP contribution is 2.12. The summed E-state index contributed by atoms with van der Waals surface area (Å²) in [5.74, 6) is 0.965.